The Morgan fingerprint density at radius 1 is 1.26 bits per heavy atom. The van der Waals surface area contributed by atoms with E-state index in [2.05, 4.69) is 9.71 Å². The summed E-state index contributed by atoms with van der Waals surface area (Å²) in [5.74, 6) is -3.36. The van der Waals surface area contributed by atoms with Gasteiger partial charge in [0, 0.05) is 5.38 Å². The number of hydrogen-bond donors (Lipinski definition) is 2. The highest BCUT2D eigenvalue weighted by Gasteiger charge is 2.38. The fourth-order valence-corrected chi connectivity index (χ4v) is 2.76. The van der Waals surface area contributed by atoms with Gasteiger partial charge in [0.25, 0.3) is 10.0 Å². The van der Waals surface area contributed by atoms with Crippen LogP contribution in [-0.4, -0.2) is 30.7 Å². The van der Waals surface area contributed by atoms with Gasteiger partial charge >= 0.3 is 12.1 Å². The van der Waals surface area contributed by atoms with Crippen LogP contribution >= 0.6 is 11.3 Å². The molecule has 0 aliphatic rings. The molecule has 0 saturated carbocycles. The van der Waals surface area contributed by atoms with Crippen molar-refractivity contribution in [2.24, 2.45) is 0 Å². The topological polar surface area (TPSA) is 96.4 Å². The zero-order valence-corrected chi connectivity index (χ0v) is 12.5. The van der Waals surface area contributed by atoms with Crippen molar-refractivity contribution in [3.63, 3.8) is 0 Å². The summed E-state index contributed by atoms with van der Waals surface area (Å²) in [5.41, 5.74) is 1.49. The van der Waals surface area contributed by atoms with Gasteiger partial charge in [0.15, 0.2) is 5.82 Å². The van der Waals surface area contributed by atoms with Crippen LogP contribution in [0.2, 0.25) is 0 Å². The summed E-state index contributed by atoms with van der Waals surface area (Å²) in [5, 5.41) is 8.65. The highest BCUT2D eigenvalue weighted by Crippen LogP contribution is 2.18. The Balaban J connectivity index is 0.000000322. The van der Waals surface area contributed by atoms with Crippen LogP contribution in [0, 0.1) is 5.82 Å². The first kappa shape index (κ1) is 18.8. The molecular formula is C11H8F4N2O4S2. The molecule has 1 aromatic carbocycles. The van der Waals surface area contributed by atoms with Gasteiger partial charge in [0.05, 0.1) is 5.51 Å². The molecule has 0 spiro atoms. The zero-order valence-electron chi connectivity index (χ0n) is 10.9. The second-order valence-electron chi connectivity index (χ2n) is 3.71. The maximum atomic E-state index is 13.3. The number of sulfonamides is 1. The average Bonchev–Trinajstić information content (AvgIpc) is 2.90. The van der Waals surface area contributed by atoms with Crippen LogP contribution in [-0.2, 0) is 14.8 Å². The molecule has 6 nitrogen and oxygen atoms in total. The Morgan fingerprint density at radius 3 is 2.26 bits per heavy atom. The standard InChI is InChI=1S/C9H7FN2O2S2.C2HF3O2/c10-7-3-1-2-4-8(7)16(13,14)12-9-5-15-6-11-9;3-2(4,5)1(6)7/h1-6,12H;(H,6,7). The number of hydrogen-bond acceptors (Lipinski definition) is 5. The lowest BCUT2D eigenvalue weighted by atomic mass is 10.4. The van der Waals surface area contributed by atoms with Crippen molar-refractivity contribution in [1.29, 1.82) is 0 Å². The van der Waals surface area contributed by atoms with Gasteiger partial charge in [-0.05, 0) is 12.1 Å². The van der Waals surface area contributed by atoms with Gasteiger partial charge in [0.2, 0.25) is 0 Å². The number of alkyl halides is 3. The molecule has 23 heavy (non-hydrogen) atoms. The summed E-state index contributed by atoms with van der Waals surface area (Å²) < 4.78 is 70.7. The molecule has 1 heterocycles. The quantitative estimate of drug-likeness (QED) is 0.808. The summed E-state index contributed by atoms with van der Waals surface area (Å²) >= 11 is 1.25. The normalized spacial score (nSPS) is 11.3. The van der Waals surface area contributed by atoms with Crippen LogP contribution in [0.4, 0.5) is 23.4 Å². The molecule has 2 aromatic rings. The van der Waals surface area contributed by atoms with Crippen LogP contribution in [0.1, 0.15) is 0 Å². The first-order valence-electron chi connectivity index (χ1n) is 5.49. The number of halogens is 4. The predicted octanol–water partition coefficient (Wildman–Crippen LogP) is 2.72. The lowest BCUT2D eigenvalue weighted by Crippen LogP contribution is -2.21. The number of thiazole rings is 1. The number of nitrogens with zero attached hydrogens (tertiary/aromatic N) is 1. The SMILES string of the molecule is O=C(O)C(F)(F)F.O=S(=O)(Nc1cscn1)c1ccccc1F. The van der Waals surface area contributed by atoms with Crippen molar-refractivity contribution in [1.82, 2.24) is 4.98 Å². The minimum Gasteiger partial charge on any atom is -0.475 e. The number of rotatable bonds is 3. The van der Waals surface area contributed by atoms with E-state index in [1.165, 1.54) is 40.4 Å². The van der Waals surface area contributed by atoms with E-state index >= 15 is 0 Å². The maximum absolute atomic E-state index is 13.3. The molecular weight excluding hydrogens is 364 g/mol. The van der Waals surface area contributed by atoms with Crippen molar-refractivity contribution >= 4 is 33.1 Å². The second kappa shape index (κ2) is 7.37. The Kier molecular flexibility index (Phi) is 6.04. The highest BCUT2D eigenvalue weighted by atomic mass is 32.2. The highest BCUT2D eigenvalue weighted by molar-refractivity contribution is 7.92. The van der Waals surface area contributed by atoms with Gasteiger partial charge in [-0.2, -0.15) is 13.2 Å². The number of aromatic nitrogens is 1. The van der Waals surface area contributed by atoms with E-state index in [0.29, 0.717) is 0 Å². The number of anilines is 1. The summed E-state index contributed by atoms with van der Waals surface area (Å²) in [4.78, 5) is 12.3. The summed E-state index contributed by atoms with van der Waals surface area (Å²) in [6.07, 6.45) is -5.08. The van der Waals surface area contributed by atoms with Crippen LogP contribution < -0.4 is 4.72 Å². The van der Waals surface area contributed by atoms with Gasteiger partial charge in [0.1, 0.15) is 10.7 Å². The number of benzene rings is 1. The molecule has 0 atom stereocenters. The summed E-state index contributed by atoms with van der Waals surface area (Å²) in [6, 6.07) is 5.18. The molecule has 12 heteroatoms. The molecule has 2 rings (SSSR count). The molecule has 1 aromatic heterocycles. The van der Waals surface area contributed by atoms with Gasteiger partial charge in [-0.3, -0.25) is 4.72 Å². The van der Waals surface area contributed by atoms with Gasteiger partial charge in [-0.25, -0.2) is 22.6 Å². The van der Waals surface area contributed by atoms with Crippen molar-refractivity contribution in [2.45, 2.75) is 11.1 Å². The van der Waals surface area contributed by atoms with E-state index < -0.39 is 28.0 Å². The van der Waals surface area contributed by atoms with E-state index in [-0.39, 0.29) is 10.7 Å². The molecule has 126 valence electrons. The summed E-state index contributed by atoms with van der Waals surface area (Å²) in [7, 11) is -3.89. The lowest BCUT2D eigenvalue weighted by molar-refractivity contribution is -0.192. The minimum atomic E-state index is -5.08. The predicted molar refractivity (Wildman–Crippen MR) is 73.0 cm³/mol. The lowest BCUT2D eigenvalue weighted by Gasteiger charge is -2.05. The summed E-state index contributed by atoms with van der Waals surface area (Å²) in [6.45, 7) is 0. The number of nitrogens with one attached hydrogen (secondary N) is 1. The van der Waals surface area contributed by atoms with Crippen molar-refractivity contribution < 1.29 is 35.9 Å². The van der Waals surface area contributed by atoms with E-state index in [4.69, 9.17) is 9.90 Å². The number of carboxylic acid groups (broad SMARTS) is 1. The monoisotopic (exact) mass is 372 g/mol. The molecule has 0 unspecified atom stereocenters. The Labute approximate surface area is 131 Å². The van der Waals surface area contributed by atoms with Crippen LogP contribution in [0.15, 0.2) is 40.1 Å². The van der Waals surface area contributed by atoms with Crippen LogP contribution in [0.5, 0.6) is 0 Å². The molecule has 0 amide bonds. The molecule has 0 radical (unpaired) electrons. The Morgan fingerprint density at radius 2 is 1.83 bits per heavy atom. The smallest absolute Gasteiger partial charge is 0.475 e. The average molecular weight is 372 g/mol. The maximum Gasteiger partial charge on any atom is 0.490 e. The molecule has 0 aliphatic carbocycles. The van der Waals surface area contributed by atoms with E-state index in [1.807, 2.05) is 0 Å². The van der Waals surface area contributed by atoms with Gasteiger partial charge < -0.3 is 5.11 Å². The van der Waals surface area contributed by atoms with Crippen molar-refractivity contribution in [3.8, 4) is 0 Å². The van der Waals surface area contributed by atoms with Crippen molar-refractivity contribution in [2.75, 3.05) is 4.72 Å². The van der Waals surface area contributed by atoms with Crippen LogP contribution in [0.25, 0.3) is 0 Å². The molecule has 2 N–H and O–H groups in total. The van der Waals surface area contributed by atoms with Gasteiger partial charge in [-0.15, -0.1) is 11.3 Å². The zero-order chi connectivity index (χ0) is 17.7. The third kappa shape index (κ3) is 5.83. The Bertz CT molecular complexity index is 761. The van der Waals surface area contributed by atoms with Crippen LogP contribution in [0.3, 0.4) is 0 Å². The van der Waals surface area contributed by atoms with E-state index in [0.717, 1.165) is 6.07 Å². The van der Waals surface area contributed by atoms with Gasteiger partial charge in [-0.1, -0.05) is 12.1 Å². The second-order valence-corrected chi connectivity index (χ2v) is 6.08. The number of carbonyl (C=O) groups is 1. The fraction of sp³-hybridized carbons (Fsp3) is 0.0909. The fourth-order valence-electron chi connectivity index (χ4n) is 1.12. The largest absolute Gasteiger partial charge is 0.490 e. The third-order valence-corrected chi connectivity index (χ3v) is 4.01. The molecule has 0 aliphatic heterocycles. The first-order chi connectivity index (χ1) is 10.5. The third-order valence-electron chi connectivity index (χ3n) is 2.04. The Hall–Kier alpha value is -2.21. The minimum absolute atomic E-state index is 0.188. The molecule has 0 fully saturated rings. The number of carboxylic acids is 1. The van der Waals surface area contributed by atoms with Crippen molar-refractivity contribution in [3.05, 3.63) is 41.0 Å². The molecule has 0 saturated heterocycles. The van der Waals surface area contributed by atoms with E-state index in [1.54, 1.807) is 0 Å². The first-order valence-corrected chi connectivity index (χ1v) is 7.92. The molecule has 0 bridgehead atoms. The van der Waals surface area contributed by atoms with E-state index in [9.17, 15) is 26.0 Å². The number of aliphatic carboxylic acids is 1.